The van der Waals surface area contributed by atoms with Crippen molar-refractivity contribution in [1.82, 2.24) is 15.1 Å². The summed E-state index contributed by atoms with van der Waals surface area (Å²) in [6.45, 7) is 2.88. The van der Waals surface area contributed by atoms with Gasteiger partial charge in [0.25, 0.3) is 0 Å². The molecule has 0 spiro atoms. The van der Waals surface area contributed by atoms with Crippen molar-refractivity contribution in [2.24, 2.45) is 0 Å². The third-order valence-corrected chi connectivity index (χ3v) is 5.26. The van der Waals surface area contributed by atoms with E-state index in [-0.39, 0.29) is 0 Å². The Labute approximate surface area is 164 Å². The predicted molar refractivity (Wildman–Crippen MR) is 108 cm³/mol. The number of benzene rings is 2. The lowest BCUT2D eigenvalue weighted by molar-refractivity contribution is 0.320. The van der Waals surface area contributed by atoms with Crippen molar-refractivity contribution in [1.29, 1.82) is 0 Å². The molecule has 0 radical (unpaired) electrons. The largest absolute Gasteiger partial charge is 0.420 e. The quantitative estimate of drug-likeness (QED) is 0.652. The van der Waals surface area contributed by atoms with E-state index in [1.807, 2.05) is 38.4 Å². The first-order valence-electron chi connectivity index (χ1n) is 9.16. The van der Waals surface area contributed by atoms with Gasteiger partial charge in [0, 0.05) is 43.5 Å². The fourth-order valence-electron chi connectivity index (χ4n) is 3.44. The minimum Gasteiger partial charge on any atom is -0.420 e. The molecule has 0 saturated carbocycles. The van der Waals surface area contributed by atoms with Crippen LogP contribution in [0.1, 0.15) is 23.8 Å². The van der Waals surface area contributed by atoms with Gasteiger partial charge in [-0.15, -0.1) is 10.2 Å². The summed E-state index contributed by atoms with van der Waals surface area (Å²) in [6, 6.07) is 16.2. The number of likely N-dealkylation sites (tertiary alicyclic amines) is 1. The summed E-state index contributed by atoms with van der Waals surface area (Å²) in [5.41, 5.74) is 3.37. The van der Waals surface area contributed by atoms with Crippen molar-refractivity contribution >= 4 is 17.3 Å². The van der Waals surface area contributed by atoms with E-state index in [1.165, 1.54) is 5.56 Å². The van der Waals surface area contributed by atoms with Crippen LogP contribution in [-0.2, 0) is 6.54 Å². The van der Waals surface area contributed by atoms with Crippen LogP contribution in [0, 0.1) is 0 Å². The van der Waals surface area contributed by atoms with Crippen molar-refractivity contribution in [3.05, 3.63) is 65.0 Å². The lowest BCUT2D eigenvalue weighted by Crippen LogP contribution is -2.19. The molecule has 1 fully saturated rings. The van der Waals surface area contributed by atoms with Crippen LogP contribution in [0.15, 0.2) is 52.9 Å². The Kier molecular flexibility index (Phi) is 5.14. The number of hydrogen-bond donors (Lipinski definition) is 0. The summed E-state index contributed by atoms with van der Waals surface area (Å²) in [5, 5.41) is 9.35. The Bertz CT molecular complexity index is 889. The van der Waals surface area contributed by atoms with Crippen LogP contribution < -0.4 is 4.90 Å². The van der Waals surface area contributed by atoms with E-state index in [0.717, 1.165) is 48.2 Å². The van der Waals surface area contributed by atoms with E-state index in [0.29, 0.717) is 11.8 Å². The average Bonchev–Trinajstić information content (AvgIpc) is 3.33. The molecular weight excluding hydrogens is 360 g/mol. The molecule has 0 amide bonds. The maximum absolute atomic E-state index is 5.99. The summed E-state index contributed by atoms with van der Waals surface area (Å²) in [6.07, 6.45) is 1.04. The average molecular weight is 383 g/mol. The molecule has 3 aromatic rings. The first-order valence-corrected chi connectivity index (χ1v) is 9.54. The van der Waals surface area contributed by atoms with Gasteiger partial charge in [-0.2, -0.15) is 0 Å². The number of nitrogens with zero attached hydrogens (tertiary/aromatic N) is 4. The number of anilines is 1. The Morgan fingerprint density at radius 2 is 1.81 bits per heavy atom. The molecule has 0 bridgehead atoms. The molecule has 140 valence electrons. The highest BCUT2D eigenvalue weighted by Gasteiger charge is 2.28. The normalized spacial score (nSPS) is 17.4. The molecule has 27 heavy (non-hydrogen) atoms. The molecule has 1 aromatic heterocycles. The lowest BCUT2D eigenvalue weighted by Gasteiger charge is -2.15. The van der Waals surface area contributed by atoms with E-state index in [2.05, 4.69) is 44.3 Å². The molecule has 1 aliphatic rings. The van der Waals surface area contributed by atoms with Gasteiger partial charge < -0.3 is 9.32 Å². The number of halogens is 1. The molecule has 2 heterocycles. The van der Waals surface area contributed by atoms with Crippen LogP contribution >= 0.6 is 11.6 Å². The van der Waals surface area contributed by atoms with Gasteiger partial charge in [0.2, 0.25) is 11.8 Å². The van der Waals surface area contributed by atoms with E-state index in [9.17, 15) is 0 Å². The molecule has 1 atom stereocenters. The number of rotatable bonds is 5. The maximum Gasteiger partial charge on any atom is 0.247 e. The molecule has 0 aliphatic carbocycles. The highest BCUT2D eigenvalue weighted by atomic mass is 35.5. The molecule has 1 unspecified atom stereocenters. The van der Waals surface area contributed by atoms with Crippen LogP contribution in [0.5, 0.6) is 0 Å². The highest BCUT2D eigenvalue weighted by molar-refractivity contribution is 6.30. The SMILES string of the molecule is CN(C)c1ccc(-c2nnc(C3CCN(Cc4ccc(Cl)cc4)C3)o2)cc1. The van der Waals surface area contributed by atoms with Gasteiger partial charge in [-0.1, -0.05) is 23.7 Å². The van der Waals surface area contributed by atoms with E-state index in [4.69, 9.17) is 16.0 Å². The van der Waals surface area contributed by atoms with Gasteiger partial charge in [0.1, 0.15) is 0 Å². The lowest BCUT2D eigenvalue weighted by atomic mass is 10.1. The molecule has 0 N–H and O–H groups in total. The first kappa shape index (κ1) is 18.0. The van der Waals surface area contributed by atoms with Crippen molar-refractivity contribution in [2.45, 2.75) is 18.9 Å². The van der Waals surface area contributed by atoms with E-state index in [1.54, 1.807) is 0 Å². The second-order valence-corrected chi connectivity index (χ2v) is 7.67. The molecule has 4 rings (SSSR count). The fourth-order valence-corrected chi connectivity index (χ4v) is 3.57. The van der Waals surface area contributed by atoms with Crippen molar-refractivity contribution in [3.8, 4) is 11.5 Å². The summed E-state index contributed by atoms with van der Waals surface area (Å²) in [5.74, 6) is 1.62. The van der Waals surface area contributed by atoms with Crippen LogP contribution in [0.2, 0.25) is 5.02 Å². The zero-order chi connectivity index (χ0) is 18.8. The van der Waals surface area contributed by atoms with Gasteiger partial charge in [-0.05, 0) is 54.9 Å². The molecule has 2 aromatic carbocycles. The zero-order valence-electron chi connectivity index (χ0n) is 15.6. The number of aromatic nitrogens is 2. The Morgan fingerprint density at radius 3 is 2.52 bits per heavy atom. The monoisotopic (exact) mass is 382 g/mol. The minimum absolute atomic E-state index is 0.291. The smallest absolute Gasteiger partial charge is 0.247 e. The Hall–Kier alpha value is -2.37. The molecule has 5 nitrogen and oxygen atoms in total. The molecule has 1 saturated heterocycles. The van der Waals surface area contributed by atoms with Crippen LogP contribution in [0.3, 0.4) is 0 Å². The van der Waals surface area contributed by atoms with Gasteiger partial charge in [0.15, 0.2) is 0 Å². The molecule has 6 heteroatoms. The zero-order valence-corrected chi connectivity index (χ0v) is 16.4. The minimum atomic E-state index is 0.291. The van der Waals surface area contributed by atoms with Crippen molar-refractivity contribution < 1.29 is 4.42 Å². The topological polar surface area (TPSA) is 45.4 Å². The Morgan fingerprint density at radius 1 is 1.07 bits per heavy atom. The summed E-state index contributed by atoms with van der Waals surface area (Å²) >= 11 is 5.96. The van der Waals surface area contributed by atoms with Crippen LogP contribution in [0.25, 0.3) is 11.5 Å². The third kappa shape index (κ3) is 4.15. The first-order chi connectivity index (χ1) is 13.1. The van der Waals surface area contributed by atoms with Gasteiger partial charge in [-0.3, -0.25) is 4.90 Å². The maximum atomic E-state index is 5.99. The van der Waals surface area contributed by atoms with Gasteiger partial charge >= 0.3 is 0 Å². The predicted octanol–water partition coefficient (Wildman–Crippen LogP) is 4.45. The van der Waals surface area contributed by atoms with Crippen molar-refractivity contribution in [2.75, 3.05) is 32.1 Å². The summed E-state index contributed by atoms with van der Waals surface area (Å²) in [7, 11) is 4.05. The second kappa shape index (κ2) is 7.71. The molecular formula is C21H23ClN4O. The van der Waals surface area contributed by atoms with Crippen molar-refractivity contribution in [3.63, 3.8) is 0 Å². The number of hydrogen-bond acceptors (Lipinski definition) is 5. The van der Waals surface area contributed by atoms with E-state index >= 15 is 0 Å². The fraction of sp³-hybridized carbons (Fsp3) is 0.333. The summed E-state index contributed by atoms with van der Waals surface area (Å²) < 4.78 is 5.99. The van der Waals surface area contributed by atoms with Gasteiger partial charge in [0.05, 0.1) is 5.92 Å². The standard InChI is InChI=1S/C21H23ClN4O/c1-25(2)19-9-5-16(6-10-19)20-23-24-21(27-20)17-11-12-26(14-17)13-15-3-7-18(22)8-4-15/h3-10,17H,11-14H2,1-2H3. The van der Waals surface area contributed by atoms with Gasteiger partial charge in [-0.25, -0.2) is 0 Å². The Balaban J connectivity index is 1.40. The highest BCUT2D eigenvalue weighted by Crippen LogP contribution is 2.30. The third-order valence-electron chi connectivity index (χ3n) is 5.01. The van der Waals surface area contributed by atoms with Crippen LogP contribution in [-0.4, -0.2) is 42.3 Å². The second-order valence-electron chi connectivity index (χ2n) is 7.23. The summed E-state index contributed by atoms with van der Waals surface area (Å²) in [4.78, 5) is 4.49. The molecule has 1 aliphatic heterocycles. The van der Waals surface area contributed by atoms with Crippen LogP contribution in [0.4, 0.5) is 5.69 Å². The van der Waals surface area contributed by atoms with E-state index < -0.39 is 0 Å².